The van der Waals surface area contributed by atoms with E-state index in [1.165, 1.54) is 6.34 Å². The maximum Gasteiger partial charge on any atom is 0.192 e. The van der Waals surface area contributed by atoms with Crippen molar-refractivity contribution in [2.24, 2.45) is 21.5 Å². The van der Waals surface area contributed by atoms with E-state index >= 15 is 0 Å². The molecule has 0 aliphatic heterocycles. The third kappa shape index (κ3) is 3.57. The monoisotopic (exact) mass is 196 g/mol. The van der Waals surface area contributed by atoms with E-state index < -0.39 is 0 Å². The molecule has 0 saturated heterocycles. The maximum atomic E-state index is 5.73. The van der Waals surface area contributed by atoms with Crippen LogP contribution in [0.4, 0.5) is 5.69 Å². The minimum atomic E-state index is -0.0224. The van der Waals surface area contributed by atoms with Crippen LogP contribution in [0.3, 0.4) is 0 Å². The van der Waals surface area contributed by atoms with Gasteiger partial charge in [0, 0.05) is 5.02 Å². The van der Waals surface area contributed by atoms with Crippen molar-refractivity contribution < 1.29 is 0 Å². The minimum Gasteiger partial charge on any atom is -0.370 e. The lowest BCUT2D eigenvalue weighted by Crippen LogP contribution is -2.22. The van der Waals surface area contributed by atoms with Crippen molar-refractivity contribution in [1.82, 2.24) is 0 Å². The fourth-order valence-electron chi connectivity index (χ4n) is 0.719. The van der Waals surface area contributed by atoms with Crippen LogP contribution in [-0.2, 0) is 0 Å². The predicted molar refractivity (Wildman–Crippen MR) is 55.4 cm³/mol. The van der Waals surface area contributed by atoms with E-state index in [9.17, 15) is 0 Å². The van der Waals surface area contributed by atoms with Crippen molar-refractivity contribution in [2.75, 3.05) is 0 Å². The van der Waals surface area contributed by atoms with Crippen molar-refractivity contribution in [3.05, 3.63) is 29.3 Å². The van der Waals surface area contributed by atoms with Crippen molar-refractivity contribution in [1.29, 1.82) is 0 Å². The van der Waals surface area contributed by atoms with Crippen LogP contribution in [0, 0.1) is 0 Å². The predicted octanol–water partition coefficient (Wildman–Crippen LogP) is 1.27. The topological polar surface area (TPSA) is 76.8 Å². The summed E-state index contributed by atoms with van der Waals surface area (Å²) in [5.41, 5.74) is 10.9. The normalized spacial score (nSPS) is 10.2. The first-order valence-electron chi connectivity index (χ1n) is 3.55. The van der Waals surface area contributed by atoms with E-state index in [1.807, 2.05) is 0 Å². The van der Waals surface area contributed by atoms with Gasteiger partial charge in [-0.05, 0) is 18.2 Å². The molecule has 1 rings (SSSR count). The Labute approximate surface area is 80.9 Å². The molecule has 13 heavy (non-hydrogen) atoms. The van der Waals surface area contributed by atoms with E-state index in [0.29, 0.717) is 10.7 Å². The van der Waals surface area contributed by atoms with Gasteiger partial charge < -0.3 is 11.5 Å². The molecule has 0 spiro atoms. The third-order valence-electron chi connectivity index (χ3n) is 1.22. The molecule has 5 heteroatoms. The molecular weight excluding hydrogens is 188 g/mol. The lowest BCUT2D eigenvalue weighted by Gasteiger charge is -1.91. The second kappa shape index (κ2) is 4.47. The molecule has 0 radical (unpaired) electrons. The Morgan fingerprint density at radius 3 is 2.77 bits per heavy atom. The zero-order valence-electron chi connectivity index (χ0n) is 6.81. The van der Waals surface area contributed by atoms with Gasteiger partial charge in [0.25, 0.3) is 0 Å². The third-order valence-corrected chi connectivity index (χ3v) is 1.46. The van der Waals surface area contributed by atoms with Crippen LogP contribution in [0.15, 0.2) is 34.3 Å². The standard InChI is InChI=1S/C8H9ClN4/c9-6-2-1-3-7(4-6)12-5-13-8(10)11/h1-5H,(H4,10,11,12,13). The van der Waals surface area contributed by atoms with Crippen molar-refractivity contribution in [3.63, 3.8) is 0 Å². The fourth-order valence-corrected chi connectivity index (χ4v) is 0.903. The van der Waals surface area contributed by atoms with Crippen LogP contribution in [0.1, 0.15) is 0 Å². The molecule has 0 aromatic heterocycles. The summed E-state index contributed by atoms with van der Waals surface area (Å²) < 4.78 is 0. The zero-order chi connectivity index (χ0) is 9.68. The number of aliphatic imine (C=N–C) groups is 2. The number of nitrogens with two attached hydrogens (primary N) is 2. The molecule has 0 heterocycles. The van der Waals surface area contributed by atoms with Crippen molar-refractivity contribution >= 4 is 29.6 Å². The molecule has 4 nitrogen and oxygen atoms in total. The number of hydrogen-bond acceptors (Lipinski definition) is 1. The quantitative estimate of drug-likeness (QED) is 0.552. The molecule has 0 amide bonds. The summed E-state index contributed by atoms with van der Waals surface area (Å²) in [7, 11) is 0. The van der Waals surface area contributed by atoms with Gasteiger partial charge in [-0.15, -0.1) is 0 Å². The first-order chi connectivity index (χ1) is 6.18. The summed E-state index contributed by atoms with van der Waals surface area (Å²) >= 11 is 5.73. The summed E-state index contributed by atoms with van der Waals surface area (Å²) in [6.45, 7) is 0. The van der Waals surface area contributed by atoms with Crippen LogP contribution in [0.25, 0.3) is 0 Å². The number of hydrogen-bond donors (Lipinski definition) is 2. The molecule has 0 bridgehead atoms. The molecule has 0 aliphatic carbocycles. The number of rotatable bonds is 2. The van der Waals surface area contributed by atoms with Gasteiger partial charge >= 0.3 is 0 Å². The van der Waals surface area contributed by atoms with Gasteiger partial charge in [0.05, 0.1) is 5.69 Å². The minimum absolute atomic E-state index is 0.0224. The number of benzene rings is 1. The number of halogens is 1. The van der Waals surface area contributed by atoms with Gasteiger partial charge in [0.2, 0.25) is 0 Å². The van der Waals surface area contributed by atoms with Gasteiger partial charge in [-0.3, -0.25) is 0 Å². The average molecular weight is 197 g/mol. The fraction of sp³-hybridized carbons (Fsp3) is 0. The summed E-state index contributed by atoms with van der Waals surface area (Å²) in [4.78, 5) is 7.54. The van der Waals surface area contributed by atoms with Crippen LogP contribution in [-0.4, -0.2) is 12.3 Å². The Morgan fingerprint density at radius 2 is 2.15 bits per heavy atom. The summed E-state index contributed by atoms with van der Waals surface area (Å²) in [5, 5.41) is 0.624. The molecule has 0 fully saturated rings. The number of guanidine groups is 1. The molecule has 1 aromatic carbocycles. The smallest absolute Gasteiger partial charge is 0.192 e. The van der Waals surface area contributed by atoms with Gasteiger partial charge in [-0.2, -0.15) is 0 Å². The van der Waals surface area contributed by atoms with E-state index in [2.05, 4.69) is 9.98 Å². The Bertz CT molecular complexity index is 342. The highest BCUT2D eigenvalue weighted by Crippen LogP contribution is 2.16. The molecular formula is C8H9ClN4. The average Bonchev–Trinajstić information content (AvgIpc) is 2.03. The zero-order valence-corrected chi connectivity index (χ0v) is 7.57. The highest BCUT2D eigenvalue weighted by Gasteiger charge is 1.88. The van der Waals surface area contributed by atoms with E-state index in [0.717, 1.165) is 0 Å². The maximum absolute atomic E-state index is 5.73. The van der Waals surface area contributed by atoms with E-state index in [1.54, 1.807) is 24.3 Å². The SMILES string of the molecule is NC(N)=NC=Nc1cccc(Cl)c1. The van der Waals surface area contributed by atoms with E-state index in [-0.39, 0.29) is 5.96 Å². The Kier molecular flexibility index (Phi) is 3.28. The van der Waals surface area contributed by atoms with Crippen molar-refractivity contribution in [3.8, 4) is 0 Å². The second-order valence-corrected chi connectivity index (χ2v) is 2.71. The van der Waals surface area contributed by atoms with Crippen LogP contribution in [0.2, 0.25) is 5.02 Å². The van der Waals surface area contributed by atoms with Crippen molar-refractivity contribution in [2.45, 2.75) is 0 Å². The highest BCUT2D eigenvalue weighted by molar-refractivity contribution is 6.30. The molecule has 68 valence electrons. The lowest BCUT2D eigenvalue weighted by molar-refractivity contribution is 1.46. The van der Waals surface area contributed by atoms with Crippen LogP contribution in [0.5, 0.6) is 0 Å². The molecule has 0 atom stereocenters. The summed E-state index contributed by atoms with van der Waals surface area (Å²) in [5.74, 6) is -0.0224. The van der Waals surface area contributed by atoms with Gasteiger partial charge in [-0.25, -0.2) is 9.98 Å². The van der Waals surface area contributed by atoms with Crippen LogP contribution >= 0.6 is 11.6 Å². The van der Waals surface area contributed by atoms with Crippen LogP contribution < -0.4 is 11.5 Å². The lowest BCUT2D eigenvalue weighted by atomic mass is 10.3. The molecule has 0 unspecified atom stereocenters. The number of nitrogens with zero attached hydrogens (tertiary/aromatic N) is 2. The summed E-state index contributed by atoms with van der Waals surface area (Å²) in [6, 6.07) is 7.07. The second-order valence-electron chi connectivity index (χ2n) is 2.28. The van der Waals surface area contributed by atoms with Gasteiger partial charge in [0.1, 0.15) is 6.34 Å². The summed E-state index contributed by atoms with van der Waals surface area (Å²) in [6.07, 6.45) is 1.28. The first-order valence-corrected chi connectivity index (χ1v) is 3.93. The molecule has 1 aromatic rings. The Morgan fingerprint density at radius 1 is 1.38 bits per heavy atom. The molecule has 0 aliphatic rings. The molecule has 4 N–H and O–H groups in total. The Balaban J connectivity index is 2.75. The van der Waals surface area contributed by atoms with Gasteiger partial charge in [0.15, 0.2) is 5.96 Å². The Hall–Kier alpha value is -1.55. The highest BCUT2D eigenvalue weighted by atomic mass is 35.5. The first kappa shape index (κ1) is 9.54. The van der Waals surface area contributed by atoms with E-state index in [4.69, 9.17) is 23.1 Å². The largest absolute Gasteiger partial charge is 0.370 e. The molecule has 0 saturated carbocycles. The van der Waals surface area contributed by atoms with Gasteiger partial charge in [-0.1, -0.05) is 17.7 Å².